The van der Waals surface area contributed by atoms with Crippen LogP contribution < -0.4 is 11.1 Å². The molecule has 0 bridgehead atoms. The molecule has 2 aromatic heterocycles. The van der Waals surface area contributed by atoms with Crippen LogP contribution in [0.25, 0.3) is 16.8 Å². The van der Waals surface area contributed by atoms with Crippen molar-refractivity contribution < 1.29 is 22.0 Å². The Balaban J connectivity index is 1.28. The monoisotopic (exact) mass is 499 g/mol. The fraction of sp³-hybridized carbons (Fsp3) is 0.261. The summed E-state index contributed by atoms with van der Waals surface area (Å²) < 4.78 is 49.3. The Bertz CT molecular complexity index is 1550. The van der Waals surface area contributed by atoms with Crippen molar-refractivity contribution in [2.45, 2.75) is 30.7 Å². The predicted octanol–water partition coefficient (Wildman–Crippen LogP) is 2.73. The third-order valence-electron chi connectivity index (χ3n) is 5.89. The van der Waals surface area contributed by atoms with Crippen LogP contribution in [0, 0.1) is 5.82 Å². The van der Waals surface area contributed by atoms with Gasteiger partial charge in [-0.25, -0.2) is 22.3 Å². The van der Waals surface area contributed by atoms with E-state index in [1.807, 2.05) is 0 Å². The second kappa shape index (κ2) is 9.12. The first-order chi connectivity index (χ1) is 16.8. The molecule has 0 aliphatic carbocycles. The molecule has 1 amide bonds. The second-order valence-electron chi connectivity index (χ2n) is 8.18. The van der Waals surface area contributed by atoms with Crippen LogP contribution in [0.5, 0.6) is 0 Å². The maximum atomic E-state index is 14.4. The van der Waals surface area contributed by atoms with Gasteiger partial charge >= 0.3 is 5.76 Å². The van der Waals surface area contributed by atoms with Gasteiger partial charge in [-0.05, 0) is 49.2 Å². The van der Waals surface area contributed by atoms with E-state index in [4.69, 9.17) is 4.42 Å². The van der Waals surface area contributed by atoms with Gasteiger partial charge in [0.2, 0.25) is 15.9 Å². The first kappa shape index (κ1) is 23.0. The maximum absolute atomic E-state index is 14.4. The van der Waals surface area contributed by atoms with Crippen molar-refractivity contribution >= 4 is 32.7 Å². The summed E-state index contributed by atoms with van der Waals surface area (Å²) in [6.45, 7) is 0.941. The lowest BCUT2D eigenvalue weighted by molar-refractivity contribution is -0.116. The number of halogens is 1. The summed E-state index contributed by atoms with van der Waals surface area (Å²) in [4.78, 5) is 24.9. The summed E-state index contributed by atoms with van der Waals surface area (Å²) in [6.07, 6.45) is 4.69. The number of benzene rings is 2. The number of nitrogens with zero attached hydrogens (tertiary/aromatic N) is 4. The third kappa shape index (κ3) is 4.49. The molecule has 4 aromatic rings. The van der Waals surface area contributed by atoms with Gasteiger partial charge in [0.1, 0.15) is 5.69 Å². The minimum absolute atomic E-state index is 0.00371. The van der Waals surface area contributed by atoms with Crippen molar-refractivity contribution in [2.75, 3.05) is 18.4 Å². The van der Waals surface area contributed by atoms with Crippen LogP contribution in [0.15, 0.2) is 69.0 Å². The van der Waals surface area contributed by atoms with Crippen molar-refractivity contribution in [3.05, 3.63) is 71.2 Å². The van der Waals surface area contributed by atoms with Gasteiger partial charge in [0.15, 0.2) is 11.4 Å². The number of carbonyl (C=O) groups is 1. The van der Waals surface area contributed by atoms with E-state index in [1.165, 1.54) is 50.1 Å². The topological polar surface area (TPSA) is 119 Å². The Hall–Kier alpha value is -3.77. The normalized spacial score (nSPS) is 14.5. The summed E-state index contributed by atoms with van der Waals surface area (Å²) in [5.74, 6) is -1.67. The molecule has 0 spiro atoms. The highest BCUT2D eigenvalue weighted by Crippen LogP contribution is 2.24. The molecule has 12 heteroatoms. The minimum Gasteiger partial charge on any atom is -0.408 e. The first-order valence-electron chi connectivity index (χ1n) is 11.1. The van der Waals surface area contributed by atoms with Gasteiger partial charge in [-0.1, -0.05) is 0 Å². The summed E-state index contributed by atoms with van der Waals surface area (Å²) in [5, 5.41) is 6.59. The van der Waals surface area contributed by atoms with Crippen LogP contribution in [0.3, 0.4) is 0 Å². The average Bonchev–Trinajstić information content (AvgIpc) is 3.59. The number of hydrogen-bond donors (Lipinski definition) is 1. The number of amides is 1. The lowest BCUT2D eigenvalue weighted by Crippen LogP contribution is -2.27. The molecule has 1 aliphatic heterocycles. The van der Waals surface area contributed by atoms with E-state index >= 15 is 0 Å². The minimum atomic E-state index is -3.65. The standard InChI is InChI=1S/C23H22FN5O5S/c24-18-14-16(4-6-19(18)29-12-3-9-25-29)26-22(30)8-13-28-20-7-5-17(15-21(20)34-23(28)31)35(32,33)27-10-1-2-11-27/h3-7,9,12,14-15H,1-2,8,10-11,13H2,(H,26,30). The number of aryl methyl sites for hydroxylation is 1. The fourth-order valence-corrected chi connectivity index (χ4v) is 5.65. The molecule has 0 atom stereocenters. The van der Waals surface area contributed by atoms with Gasteiger partial charge in [-0.2, -0.15) is 9.40 Å². The van der Waals surface area contributed by atoms with Gasteiger partial charge in [-0.3, -0.25) is 9.36 Å². The van der Waals surface area contributed by atoms with Gasteiger partial charge in [0.25, 0.3) is 0 Å². The SMILES string of the molecule is O=C(CCn1c(=O)oc2cc(S(=O)(=O)N3CCCC3)ccc21)Nc1ccc(-n2cccn2)c(F)c1. The molecule has 1 fully saturated rings. The summed E-state index contributed by atoms with van der Waals surface area (Å²) in [6, 6.07) is 10.2. The summed E-state index contributed by atoms with van der Waals surface area (Å²) in [5.41, 5.74) is 1.03. The molecule has 1 N–H and O–H groups in total. The highest BCUT2D eigenvalue weighted by molar-refractivity contribution is 7.89. The van der Waals surface area contributed by atoms with Crippen molar-refractivity contribution in [3.63, 3.8) is 0 Å². The summed E-state index contributed by atoms with van der Waals surface area (Å²) >= 11 is 0. The van der Waals surface area contributed by atoms with E-state index in [0.717, 1.165) is 12.8 Å². The van der Waals surface area contributed by atoms with Crippen molar-refractivity contribution in [1.29, 1.82) is 0 Å². The average molecular weight is 500 g/mol. The molecule has 0 unspecified atom stereocenters. The lowest BCUT2D eigenvalue weighted by atomic mass is 10.2. The molecular formula is C23H22FN5O5S. The van der Waals surface area contributed by atoms with E-state index < -0.39 is 27.5 Å². The van der Waals surface area contributed by atoms with E-state index in [-0.39, 0.29) is 34.8 Å². The number of fused-ring (bicyclic) bond motifs is 1. The smallest absolute Gasteiger partial charge is 0.408 e. The lowest BCUT2D eigenvalue weighted by Gasteiger charge is -2.15. The number of oxazole rings is 1. The van der Waals surface area contributed by atoms with Crippen LogP contribution in [0.4, 0.5) is 10.1 Å². The zero-order valence-electron chi connectivity index (χ0n) is 18.6. The number of hydrogen-bond acceptors (Lipinski definition) is 6. The Morgan fingerprint density at radius 3 is 2.66 bits per heavy atom. The van der Waals surface area contributed by atoms with E-state index in [2.05, 4.69) is 10.4 Å². The molecule has 1 saturated heterocycles. The Morgan fingerprint density at radius 1 is 1.14 bits per heavy atom. The van der Waals surface area contributed by atoms with Crippen LogP contribution in [-0.4, -0.2) is 46.1 Å². The number of anilines is 1. The molecule has 3 heterocycles. The maximum Gasteiger partial charge on any atom is 0.419 e. The van der Waals surface area contributed by atoms with Crippen molar-refractivity contribution in [3.8, 4) is 5.69 Å². The Labute approximate surface area is 199 Å². The zero-order valence-corrected chi connectivity index (χ0v) is 19.4. The zero-order chi connectivity index (χ0) is 24.6. The molecular weight excluding hydrogens is 477 g/mol. The van der Waals surface area contributed by atoms with Crippen LogP contribution in [-0.2, 0) is 21.4 Å². The van der Waals surface area contributed by atoms with E-state index in [0.29, 0.717) is 18.6 Å². The first-order valence-corrected chi connectivity index (χ1v) is 12.5. The van der Waals surface area contributed by atoms with Crippen LogP contribution >= 0.6 is 0 Å². The fourth-order valence-electron chi connectivity index (χ4n) is 4.12. The molecule has 5 rings (SSSR count). The number of rotatable bonds is 7. The third-order valence-corrected chi connectivity index (χ3v) is 7.78. The van der Waals surface area contributed by atoms with Crippen molar-refractivity contribution in [2.24, 2.45) is 0 Å². The van der Waals surface area contributed by atoms with Gasteiger partial charge in [-0.15, -0.1) is 0 Å². The highest BCUT2D eigenvalue weighted by Gasteiger charge is 2.28. The van der Waals surface area contributed by atoms with Gasteiger partial charge in [0.05, 0.1) is 10.4 Å². The number of nitrogens with one attached hydrogen (secondary N) is 1. The molecule has 0 saturated carbocycles. The Kier molecular flexibility index (Phi) is 5.99. The highest BCUT2D eigenvalue weighted by atomic mass is 32.2. The quantitative estimate of drug-likeness (QED) is 0.418. The molecule has 0 radical (unpaired) electrons. The van der Waals surface area contributed by atoms with Crippen LogP contribution in [0.1, 0.15) is 19.3 Å². The molecule has 182 valence electrons. The molecule has 2 aromatic carbocycles. The van der Waals surface area contributed by atoms with E-state index in [9.17, 15) is 22.4 Å². The predicted molar refractivity (Wildman–Crippen MR) is 125 cm³/mol. The van der Waals surface area contributed by atoms with Gasteiger partial charge in [0, 0.05) is 50.2 Å². The van der Waals surface area contributed by atoms with Crippen molar-refractivity contribution in [1.82, 2.24) is 18.7 Å². The Morgan fingerprint density at radius 2 is 1.94 bits per heavy atom. The van der Waals surface area contributed by atoms with Crippen LogP contribution in [0.2, 0.25) is 0 Å². The molecule has 35 heavy (non-hydrogen) atoms. The number of sulfonamides is 1. The van der Waals surface area contributed by atoms with E-state index in [1.54, 1.807) is 18.3 Å². The largest absolute Gasteiger partial charge is 0.419 e. The molecule has 10 nitrogen and oxygen atoms in total. The van der Waals surface area contributed by atoms with Gasteiger partial charge < -0.3 is 9.73 Å². The summed E-state index contributed by atoms with van der Waals surface area (Å²) in [7, 11) is -3.65. The second-order valence-corrected chi connectivity index (χ2v) is 10.1. The number of carbonyl (C=O) groups excluding carboxylic acids is 1. The molecule has 1 aliphatic rings. The number of aromatic nitrogens is 3.